The molecule has 1 saturated carbocycles. The second kappa shape index (κ2) is 5.11. The first-order valence-corrected chi connectivity index (χ1v) is 7.44. The Morgan fingerprint density at radius 1 is 1.29 bits per heavy atom. The molecule has 0 radical (unpaired) electrons. The number of benzene rings is 1. The number of carbonyl (C=O) groups excluding carboxylic acids is 1. The van der Waals surface area contributed by atoms with E-state index in [1.807, 2.05) is 4.90 Å². The van der Waals surface area contributed by atoms with E-state index in [9.17, 15) is 9.59 Å². The van der Waals surface area contributed by atoms with E-state index in [1.165, 1.54) is 6.07 Å². The molecule has 1 spiro atoms. The largest absolute Gasteiger partial charge is 0.478 e. The number of nitrogens with zero attached hydrogens (tertiary/aromatic N) is 1. The molecule has 2 fully saturated rings. The molecule has 0 bridgehead atoms. The summed E-state index contributed by atoms with van der Waals surface area (Å²) in [4.78, 5) is 25.4. The van der Waals surface area contributed by atoms with Gasteiger partial charge in [0, 0.05) is 5.69 Å². The third-order valence-electron chi connectivity index (χ3n) is 4.31. The van der Waals surface area contributed by atoms with Crippen molar-refractivity contribution < 1.29 is 14.7 Å². The Hall–Kier alpha value is -1.95. The number of carboxylic acids is 1. The molecule has 1 heterocycles. The zero-order valence-corrected chi connectivity index (χ0v) is 12.3. The third-order valence-corrected chi connectivity index (χ3v) is 4.59. The van der Waals surface area contributed by atoms with E-state index in [1.54, 1.807) is 18.2 Å². The molecule has 1 saturated heterocycles. The maximum absolute atomic E-state index is 12.4. The Kier molecular flexibility index (Phi) is 3.41. The van der Waals surface area contributed by atoms with E-state index in [0.717, 1.165) is 32.1 Å². The summed E-state index contributed by atoms with van der Waals surface area (Å²) < 4.78 is 0. The van der Waals surface area contributed by atoms with Crippen LogP contribution in [-0.4, -0.2) is 27.6 Å². The van der Waals surface area contributed by atoms with Gasteiger partial charge >= 0.3 is 5.97 Å². The topological polar surface area (TPSA) is 69.6 Å². The van der Waals surface area contributed by atoms with E-state index in [2.05, 4.69) is 5.32 Å². The molecular weight excluding hydrogens is 288 g/mol. The summed E-state index contributed by atoms with van der Waals surface area (Å²) in [6.07, 6.45) is 4.56. The van der Waals surface area contributed by atoms with Gasteiger partial charge in [-0.2, -0.15) is 0 Å². The van der Waals surface area contributed by atoms with Crippen molar-refractivity contribution in [3.05, 3.63) is 29.8 Å². The monoisotopic (exact) mass is 304 g/mol. The average molecular weight is 304 g/mol. The van der Waals surface area contributed by atoms with Crippen LogP contribution in [0.1, 0.15) is 42.5 Å². The van der Waals surface area contributed by atoms with Gasteiger partial charge in [-0.3, -0.25) is 4.79 Å². The van der Waals surface area contributed by atoms with Crippen molar-refractivity contribution in [2.45, 2.75) is 37.6 Å². The maximum Gasteiger partial charge on any atom is 0.335 e. The smallest absolute Gasteiger partial charge is 0.335 e. The zero-order valence-electron chi connectivity index (χ0n) is 11.5. The first-order valence-electron chi connectivity index (χ1n) is 7.04. The van der Waals surface area contributed by atoms with Crippen molar-refractivity contribution in [2.24, 2.45) is 0 Å². The summed E-state index contributed by atoms with van der Waals surface area (Å²) in [7, 11) is 0. The fraction of sp³-hybridized carbons (Fsp3) is 0.400. The maximum atomic E-state index is 12.4. The predicted molar refractivity (Wildman–Crippen MR) is 82.4 cm³/mol. The van der Waals surface area contributed by atoms with Crippen LogP contribution in [0.3, 0.4) is 0 Å². The summed E-state index contributed by atoms with van der Waals surface area (Å²) >= 11 is 5.31. The van der Waals surface area contributed by atoms with Gasteiger partial charge in [0.15, 0.2) is 5.11 Å². The van der Waals surface area contributed by atoms with Crippen molar-refractivity contribution >= 4 is 34.9 Å². The van der Waals surface area contributed by atoms with Gasteiger partial charge in [-0.1, -0.05) is 25.3 Å². The van der Waals surface area contributed by atoms with Gasteiger partial charge in [-0.15, -0.1) is 0 Å². The summed E-state index contributed by atoms with van der Waals surface area (Å²) in [5, 5.41) is 12.2. The van der Waals surface area contributed by atoms with Crippen molar-refractivity contribution in [1.82, 2.24) is 5.32 Å². The van der Waals surface area contributed by atoms with Crippen LogP contribution in [0.15, 0.2) is 24.3 Å². The summed E-state index contributed by atoms with van der Waals surface area (Å²) in [5.74, 6) is -1.05. The molecule has 2 aliphatic rings. The fourth-order valence-corrected chi connectivity index (χ4v) is 3.67. The SMILES string of the molecule is O=C(O)c1cccc(N2C(=S)NC(=O)C23CCCCC3)c1. The molecule has 110 valence electrons. The number of carbonyl (C=O) groups is 2. The number of hydrogen-bond donors (Lipinski definition) is 2. The molecule has 1 aromatic rings. The van der Waals surface area contributed by atoms with Crippen LogP contribution in [0.4, 0.5) is 5.69 Å². The van der Waals surface area contributed by atoms with Gasteiger partial charge in [0.05, 0.1) is 5.56 Å². The van der Waals surface area contributed by atoms with Crippen molar-refractivity contribution in [2.75, 3.05) is 4.90 Å². The third kappa shape index (κ3) is 2.19. The fourth-order valence-electron chi connectivity index (χ4n) is 3.30. The quantitative estimate of drug-likeness (QED) is 0.821. The number of anilines is 1. The highest BCUT2D eigenvalue weighted by molar-refractivity contribution is 7.80. The van der Waals surface area contributed by atoms with Crippen LogP contribution in [0, 0.1) is 0 Å². The molecule has 1 aliphatic carbocycles. The standard InChI is InChI=1S/C15H16N2O3S/c18-12(19)10-5-4-6-11(9-10)17-14(21)16-13(20)15(17)7-2-1-3-8-15/h4-6,9H,1-3,7-8H2,(H,18,19)(H,16,20,21). The Balaban J connectivity index is 2.06. The highest BCUT2D eigenvalue weighted by atomic mass is 32.1. The lowest BCUT2D eigenvalue weighted by Crippen LogP contribution is -2.51. The molecule has 0 unspecified atom stereocenters. The van der Waals surface area contributed by atoms with Crippen molar-refractivity contribution in [3.8, 4) is 0 Å². The van der Waals surface area contributed by atoms with Crippen LogP contribution in [0.5, 0.6) is 0 Å². The normalized spacial score (nSPS) is 20.7. The minimum absolute atomic E-state index is 0.0621. The van der Waals surface area contributed by atoms with Gasteiger partial charge in [-0.25, -0.2) is 4.79 Å². The van der Waals surface area contributed by atoms with E-state index in [4.69, 9.17) is 17.3 Å². The Labute approximate surface area is 127 Å². The van der Waals surface area contributed by atoms with Crippen LogP contribution in [-0.2, 0) is 4.79 Å². The molecule has 1 aromatic carbocycles. The Bertz CT molecular complexity index is 623. The highest BCUT2D eigenvalue weighted by Crippen LogP contribution is 2.40. The molecule has 1 aliphatic heterocycles. The van der Waals surface area contributed by atoms with Gasteiger partial charge in [0.2, 0.25) is 0 Å². The molecule has 0 aromatic heterocycles. The highest BCUT2D eigenvalue weighted by Gasteiger charge is 2.51. The number of nitrogens with one attached hydrogen (secondary N) is 1. The lowest BCUT2D eigenvalue weighted by molar-refractivity contribution is -0.124. The van der Waals surface area contributed by atoms with Gasteiger partial charge < -0.3 is 15.3 Å². The first kappa shape index (κ1) is 14.0. The zero-order chi connectivity index (χ0) is 15.0. The van der Waals surface area contributed by atoms with E-state index in [-0.39, 0.29) is 11.5 Å². The molecule has 0 atom stereocenters. The molecule has 21 heavy (non-hydrogen) atoms. The van der Waals surface area contributed by atoms with Crippen molar-refractivity contribution in [3.63, 3.8) is 0 Å². The Morgan fingerprint density at radius 3 is 2.67 bits per heavy atom. The minimum Gasteiger partial charge on any atom is -0.478 e. The number of rotatable bonds is 2. The number of amides is 1. The van der Waals surface area contributed by atoms with Gasteiger partial charge in [-0.05, 0) is 43.3 Å². The van der Waals surface area contributed by atoms with Crippen LogP contribution < -0.4 is 10.2 Å². The summed E-state index contributed by atoms with van der Waals surface area (Å²) in [6.45, 7) is 0. The average Bonchev–Trinajstić information content (AvgIpc) is 2.70. The number of thiocarbonyl (C=S) groups is 1. The molecule has 2 N–H and O–H groups in total. The van der Waals surface area contributed by atoms with Gasteiger partial charge in [0.25, 0.3) is 5.91 Å². The van der Waals surface area contributed by atoms with Crippen molar-refractivity contribution in [1.29, 1.82) is 0 Å². The molecule has 5 nitrogen and oxygen atoms in total. The van der Waals surface area contributed by atoms with E-state index in [0.29, 0.717) is 10.8 Å². The second-order valence-corrected chi connectivity index (χ2v) is 5.93. The van der Waals surface area contributed by atoms with E-state index >= 15 is 0 Å². The number of carboxylic acid groups (broad SMARTS) is 1. The lowest BCUT2D eigenvalue weighted by Gasteiger charge is -2.39. The molecular formula is C15H16N2O3S. The van der Waals surface area contributed by atoms with Crippen LogP contribution in [0.2, 0.25) is 0 Å². The van der Waals surface area contributed by atoms with E-state index < -0.39 is 11.5 Å². The lowest BCUT2D eigenvalue weighted by atomic mass is 9.80. The summed E-state index contributed by atoms with van der Waals surface area (Å²) in [6, 6.07) is 6.59. The summed E-state index contributed by atoms with van der Waals surface area (Å²) in [5.41, 5.74) is 0.215. The van der Waals surface area contributed by atoms with Crippen LogP contribution in [0.25, 0.3) is 0 Å². The molecule has 3 rings (SSSR count). The molecule has 1 amide bonds. The second-order valence-electron chi connectivity index (χ2n) is 5.54. The minimum atomic E-state index is -0.987. The van der Waals surface area contributed by atoms with Gasteiger partial charge in [0.1, 0.15) is 5.54 Å². The Morgan fingerprint density at radius 2 is 2.00 bits per heavy atom. The van der Waals surface area contributed by atoms with Crippen LogP contribution >= 0.6 is 12.2 Å². The first-order chi connectivity index (χ1) is 10.0. The number of hydrogen-bond acceptors (Lipinski definition) is 3. The predicted octanol–water partition coefficient (Wildman–Crippen LogP) is 2.31. The number of aromatic carboxylic acids is 1. The molecule has 6 heteroatoms.